The molecule has 0 unspecified atom stereocenters. The summed E-state index contributed by atoms with van der Waals surface area (Å²) in [6.07, 6.45) is 0. The summed E-state index contributed by atoms with van der Waals surface area (Å²) in [6, 6.07) is 20.6. The average Bonchev–Trinajstić information content (AvgIpc) is 2.70. The third-order valence-electron chi connectivity index (χ3n) is 4.07. The third kappa shape index (κ3) is 5.47. The molecule has 0 bridgehead atoms. The zero-order chi connectivity index (χ0) is 19.9. The fraction of sp³-hybridized carbons (Fsp3) is 0.136. The van der Waals surface area contributed by atoms with Crippen molar-refractivity contribution in [2.24, 2.45) is 0 Å². The minimum atomic E-state index is -0.516. The van der Waals surface area contributed by atoms with Crippen LogP contribution in [0.3, 0.4) is 0 Å². The molecular weight excluding hydrogens is 379 g/mol. The Kier molecular flexibility index (Phi) is 6.50. The molecule has 28 heavy (non-hydrogen) atoms. The van der Waals surface area contributed by atoms with Gasteiger partial charge in [0.05, 0.1) is 10.7 Å². The van der Waals surface area contributed by atoms with Crippen LogP contribution in [0.4, 0.5) is 15.8 Å². The SMILES string of the molecule is C[C@H](Nc1ccc(OCc2ccccc2)cc1)C(=O)Nc1ccc(F)cc1Cl. The molecule has 3 aromatic carbocycles. The number of hydrogen-bond donors (Lipinski definition) is 2. The predicted molar refractivity (Wildman–Crippen MR) is 110 cm³/mol. The van der Waals surface area contributed by atoms with Crippen molar-refractivity contribution in [1.82, 2.24) is 0 Å². The van der Waals surface area contributed by atoms with E-state index in [-0.39, 0.29) is 10.9 Å². The van der Waals surface area contributed by atoms with Gasteiger partial charge in [-0.2, -0.15) is 0 Å². The van der Waals surface area contributed by atoms with Gasteiger partial charge in [-0.15, -0.1) is 0 Å². The molecule has 0 radical (unpaired) electrons. The first kappa shape index (κ1) is 19.7. The van der Waals surface area contributed by atoms with Crippen LogP contribution < -0.4 is 15.4 Å². The van der Waals surface area contributed by atoms with Crippen LogP contribution in [-0.4, -0.2) is 11.9 Å². The van der Waals surface area contributed by atoms with Crippen LogP contribution in [0.1, 0.15) is 12.5 Å². The summed E-state index contributed by atoms with van der Waals surface area (Å²) >= 11 is 5.94. The molecule has 1 amide bonds. The Hall–Kier alpha value is -3.05. The predicted octanol–water partition coefficient (Wildman–Crippen LogP) is 5.50. The number of anilines is 2. The van der Waals surface area contributed by atoms with Crippen molar-refractivity contribution in [3.8, 4) is 5.75 Å². The van der Waals surface area contributed by atoms with Gasteiger partial charge in [0.2, 0.25) is 5.91 Å². The summed E-state index contributed by atoms with van der Waals surface area (Å²) in [4.78, 5) is 12.3. The minimum absolute atomic E-state index is 0.153. The number of ether oxygens (including phenoxy) is 1. The molecule has 6 heteroatoms. The Morgan fingerprint density at radius 1 is 1.07 bits per heavy atom. The van der Waals surface area contributed by atoms with E-state index in [4.69, 9.17) is 16.3 Å². The van der Waals surface area contributed by atoms with Gasteiger partial charge in [-0.1, -0.05) is 41.9 Å². The largest absolute Gasteiger partial charge is 0.489 e. The highest BCUT2D eigenvalue weighted by atomic mass is 35.5. The maximum Gasteiger partial charge on any atom is 0.246 e. The van der Waals surface area contributed by atoms with Gasteiger partial charge < -0.3 is 15.4 Å². The molecule has 0 heterocycles. The maximum absolute atomic E-state index is 13.1. The molecule has 0 fully saturated rings. The summed E-state index contributed by atoms with van der Waals surface area (Å²) in [7, 11) is 0. The first-order valence-corrected chi connectivity index (χ1v) is 9.18. The van der Waals surface area contributed by atoms with Crippen molar-refractivity contribution < 1.29 is 13.9 Å². The summed E-state index contributed by atoms with van der Waals surface area (Å²) in [5.41, 5.74) is 2.24. The third-order valence-corrected chi connectivity index (χ3v) is 4.38. The Labute approximate surface area is 168 Å². The summed E-state index contributed by atoms with van der Waals surface area (Å²) < 4.78 is 18.8. The van der Waals surface area contributed by atoms with E-state index in [0.717, 1.165) is 23.1 Å². The molecule has 3 aromatic rings. The lowest BCUT2D eigenvalue weighted by atomic mass is 10.2. The highest BCUT2D eigenvalue weighted by Crippen LogP contribution is 2.23. The number of carbonyl (C=O) groups excluding carboxylic acids is 1. The molecule has 0 saturated carbocycles. The van der Waals surface area contributed by atoms with Crippen molar-refractivity contribution in [1.29, 1.82) is 0 Å². The molecule has 0 spiro atoms. The van der Waals surface area contributed by atoms with Crippen molar-refractivity contribution in [2.75, 3.05) is 10.6 Å². The van der Waals surface area contributed by atoms with E-state index in [9.17, 15) is 9.18 Å². The molecule has 0 saturated heterocycles. The van der Waals surface area contributed by atoms with Crippen LogP contribution in [0.25, 0.3) is 0 Å². The van der Waals surface area contributed by atoms with Crippen LogP contribution in [0, 0.1) is 5.82 Å². The van der Waals surface area contributed by atoms with Crippen molar-refractivity contribution in [2.45, 2.75) is 19.6 Å². The van der Waals surface area contributed by atoms with Crippen LogP contribution in [0.2, 0.25) is 5.02 Å². The lowest BCUT2D eigenvalue weighted by Gasteiger charge is -2.16. The van der Waals surface area contributed by atoms with Crippen LogP contribution in [0.15, 0.2) is 72.8 Å². The van der Waals surface area contributed by atoms with Gasteiger partial charge in [0.1, 0.15) is 24.2 Å². The first-order chi connectivity index (χ1) is 13.5. The molecule has 0 aliphatic rings. The van der Waals surface area contributed by atoms with Gasteiger partial charge in [-0.05, 0) is 55.0 Å². The molecule has 4 nitrogen and oxygen atoms in total. The van der Waals surface area contributed by atoms with Gasteiger partial charge in [-0.25, -0.2) is 4.39 Å². The molecule has 144 valence electrons. The zero-order valence-electron chi connectivity index (χ0n) is 15.3. The summed E-state index contributed by atoms with van der Waals surface area (Å²) in [5.74, 6) is 0.00580. The maximum atomic E-state index is 13.1. The molecule has 3 rings (SSSR count). The van der Waals surface area contributed by atoms with Crippen molar-refractivity contribution in [3.05, 3.63) is 89.2 Å². The zero-order valence-corrected chi connectivity index (χ0v) is 16.0. The van der Waals surface area contributed by atoms with Gasteiger partial charge in [0.25, 0.3) is 0 Å². The number of rotatable bonds is 7. The second-order valence-electron chi connectivity index (χ2n) is 6.28. The summed E-state index contributed by atoms with van der Waals surface area (Å²) in [6.45, 7) is 2.22. The molecule has 1 atom stereocenters. The number of nitrogens with one attached hydrogen (secondary N) is 2. The quantitative estimate of drug-likeness (QED) is 0.552. The van der Waals surface area contributed by atoms with E-state index in [0.29, 0.717) is 12.3 Å². The smallest absolute Gasteiger partial charge is 0.246 e. The minimum Gasteiger partial charge on any atom is -0.489 e. The summed E-state index contributed by atoms with van der Waals surface area (Å²) in [5, 5.41) is 5.94. The highest BCUT2D eigenvalue weighted by Gasteiger charge is 2.14. The number of hydrogen-bond acceptors (Lipinski definition) is 3. The molecule has 0 aromatic heterocycles. The second kappa shape index (κ2) is 9.24. The normalized spacial score (nSPS) is 11.5. The van der Waals surface area contributed by atoms with E-state index < -0.39 is 11.9 Å². The monoisotopic (exact) mass is 398 g/mol. The first-order valence-electron chi connectivity index (χ1n) is 8.80. The lowest BCUT2D eigenvalue weighted by Crippen LogP contribution is -2.31. The Balaban J connectivity index is 1.53. The van der Waals surface area contributed by atoms with Crippen molar-refractivity contribution in [3.63, 3.8) is 0 Å². The van der Waals surface area contributed by atoms with E-state index in [1.807, 2.05) is 54.6 Å². The second-order valence-corrected chi connectivity index (χ2v) is 6.69. The average molecular weight is 399 g/mol. The highest BCUT2D eigenvalue weighted by molar-refractivity contribution is 6.33. The Morgan fingerprint density at radius 3 is 2.46 bits per heavy atom. The van der Waals surface area contributed by atoms with Gasteiger partial charge in [0.15, 0.2) is 0 Å². The number of carbonyl (C=O) groups is 1. The lowest BCUT2D eigenvalue weighted by molar-refractivity contribution is -0.116. The fourth-order valence-electron chi connectivity index (χ4n) is 2.54. The van der Waals surface area contributed by atoms with E-state index >= 15 is 0 Å². The van der Waals surface area contributed by atoms with Crippen LogP contribution in [0.5, 0.6) is 5.75 Å². The van der Waals surface area contributed by atoms with Crippen LogP contribution >= 0.6 is 11.6 Å². The molecular formula is C22H20ClFN2O2. The number of halogens is 2. The van der Waals surface area contributed by atoms with Gasteiger partial charge in [-0.3, -0.25) is 4.79 Å². The molecule has 2 N–H and O–H groups in total. The van der Waals surface area contributed by atoms with E-state index in [1.54, 1.807) is 6.92 Å². The standard InChI is InChI=1S/C22H20ClFN2O2/c1-15(22(27)26-21-12-7-17(24)13-20(21)23)25-18-8-10-19(11-9-18)28-14-16-5-3-2-4-6-16/h2-13,15,25H,14H2,1H3,(H,26,27)/t15-/m0/s1. The molecule has 0 aliphatic heterocycles. The number of benzene rings is 3. The topological polar surface area (TPSA) is 50.4 Å². The van der Waals surface area contributed by atoms with Gasteiger partial charge >= 0.3 is 0 Å². The molecule has 0 aliphatic carbocycles. The van der Waals surface area contributed by atoms with Crippen LogP contribution in [-0.2, 0) is 11.4 Å². The van der Waals surface area contributed by atoms with Gasteiger partial charge in [0, 0.05) is 5.69 Å². The number of amides is 1. The Bertz CT molecular complexity index is 933. The van der Waals surface area contributed by atoms with Crippen molar-refractivity contribution >= 4 is 28.9 Å². The van der Waals surface area contributed by atoms with E-state index in [2.05, 4.69) is 10.6 Å². The fourth-order valence-corrected chi connectivity index (χ4v) is 2.75. The Morgan fingerprint density at radius 2 is 1.79 bits per heavy atom. The van der Waals surface area contributed by atoms with E-state index in [1.165, 1.54) is 12.1 Å².